The monoisotopic (exact) mass is 668 g/mol. The van der Waals surface area contributed by atoms with Gasteiger partial charge in [0.25, 0.3) is 0 Å². The van der Waals surface area contributed by atoms with Gasteiger partial charge in [-0.25, -0.2) is 4.99 Å². The number of nitrogens with one attached hydrogen (secondary N) is 4. The zero-order valence-corrected chi connectivity index (χ0v) is 30.3. The second-order valence-electron chi connectivity index (χ2n) is 12.1. The highest BCUT2D eigenvalue weighted by Crippen LogP contribution is 2.40. The molecule has 11 nitrogen and oxygen atoms in total. The van der Waals surface area contributed by atoms with E-state index in [4.69, 9.17) is 9.73 Å². The molecule has 262 valence electrons. The minimum Gasteiger partial charge on any atom is -0.494 e. The number of nitrogens with zero attached hydrogens (tertiary/aromatic N) is 4. The highest BCUT2D eigenvalue weighted by atomic mass is 16.5. The van der Waals surface area contributed by atoms with Crippen LogP contribution in [0.5, 0.6) is 5.75 Å². The van der Waals surface area contributed by atoms with E-state index in [-0.39, 0.29) is 18.4 Å². The summed E-state index contributed by atoms with van der Waals surface area (Å²) in [5.74, 6) is 1.07. The Hall–Kier alpha value is -5.03. The molecule has 2 aliphatic heterocycles. The third-order valence-electron chi connectivity index (χ3n) is 8.70. The Labute approximate surface area is 290 Å². The molecule has 1 aromatic heterocycles. The molecule has 1 fully saturated rings. The summed E-state index contributed by atoms with van der Waals surface area (Å²) in [6, 6.07) is 9.94. The minimum absolute atomic E-state index is 0.0338. The number of carbonyl (C=O) groups is 2. The lowest BCUT2D eigenvalue weighted by Gasteiger charge is -2.24. The number of ether oxygens (including phenoxy) is 1. The Bertz CT molecular complexity index is 1780. The van der Waals surface area contributed by atoms with Gasteiger partial charge in [-0.3, -0.25) is 9.59 Å². The summed E-state index contributed by atoms with van der Waals surface area (Å²) in [5.41, 5.74) is 7.74. The van der Waals surface area contributed by atoms with E-state index in [1.165, 1.54) is 6.08 Å². The van der Waals surface area contributed by atoms with Crippen LogP contribution in [0.2, 0.25) is 0 Å². The van der Waals surface area contributed by atoms with Gasteiger partial charge in [-0.1, -0.05) is 31.7 Å². The standard InChI is InChI=1S/C36H45N7O3.C2H7N/c1-8-23(5)36(39-28-19-27(38-32(44)10-3)30(20-31(28)46-7)42-17-12-13-18-42)40-34(26(9-2)37-11-4)25-21-43-22-33(45)41(6)29-16-14-15-24(25)35(29)43;1-3-2/h9-10,14-16,19-21,37,39H,3,8,11-13,17-18,22H2,1-2,4-7H3,(H,38,44);3H,1-2H3/b26-9+,36-23+,40-34-;. The van der Waals surface area contributed by atoms with Crippen molar-refractivity contribution in [1.29, 1.82) is 0 Å². The van der Waals surface area contributed by atoms with Gasteiger partial charge in [-0.15, -0.1) is 0 Å². The molecule has 0 unspecified atom stereocenters. The van der Waals surface area contributed by atoms with Crippen molar-refractivity contribution in [2.45, 2.75) is 53.5 Å². The van der Waals surface area contributed by atoms with Gasteiger partial charge in [-0.05, 0) is 77.9 Å². The van der Waals surface area contributed by atoms with E-state index in [1.54, 1.807) is 12.0 Å². The molecule has 0 aliphatic carbocycles. The van der Waals surface area contributed by atoms with Crippen molar-refractivity contribution in [2.75, 3.05) is 68.3 Å². The SMILES string of the molecule is C=CC(=O)Nc1cc(NC(/N=C(\C(=C/C)NCC)c2cn3c4c(cccc24)N(C)C(=O)C3)=C(/C)CC)c(OC)cc1N1CCCC1.CNC. The Morgan fingerprint density at radius 3 is 2.41 bits per heavy atom. The second-order valence-corrected chi connectivity index (χ2v) is 12.1. The van der Waals surface area contributed by atoms with Crippen LogP contribution in [-0.4, -0.2) is 70.0 Å². The summed E-state index contributed by atoms with van der Waals surface area (Å²) in [6.07, 6.45) is 8.28. The number of aliphatic imine (C=N–C) groups is 1. The molecule has 0 bridgehead atoms. The molecule has 49 heavy (non-hydrogen) atoms. The van der Waals surface area contributed by atoms with Crippen LogP contribution >= 0.6 is 0 Å². The van der Waals surface area contributed by atoms with Crippen molar-refractivity contribution in [3.05, 3.63) is 77.9 Å². The van der Waals surface area contributed by atoms with E-state index in [2.05, 4.69) is 59.6 Å². The molecule has 11 heteroatoms. The molecular weight excluding hydrogens is 616 g/mol. The Morgan fingerprint density at radius 1 is 1.08 bits per heavy atom. The Morgan fingerprint density at radius 2 is 1.80 bits per heavy atom. The van der Waals surface area contributed by atoms with Gasteiger partial charge in [-0.2, -0.15) is 0 Å². The molecule has 2 amide bonds. The number of methoxy groups -OCH3 is 1. The topological polar surface area (TPSA) is 115 Å². The predicted molar refractivity (Wildman–Crippen MR) is 204 cm³/mol. The van der Waals surface area contributed by atoms with E-state index in [0.29, 0.717) is 29.5 Å². The molecule has 2 aromatic carbocycles. The van der Waals surface area contributed by atoms with Crippen LogP contribution in [-0.2, 0) is 16.1 Å². The normalized spacial score (nSPS) is 15.1. The lowest BCUT2D eigenvalue weighted by Crippen LogP contribution is -2.33. The average Bonchev–Trinajstić information content (AvgIpc) is 3.77. The van der Waals surface area contributed by atoms with Crippen LogP contribution in [0.25, 0.3) is 10.9 Å². The van der Waals surface area contributed by atoms with Gasteiger partial charge in [0.2, 0.25) is 11.8 Å². The number of hydrogen-bond acceptors (Lipinski definition) is 8. The number of benzene rings is 2. The number of carbonyl (C=O) groups excluding carboxylic acids is 2. The highest BCUT2D eigenvalue weighted by molar-refractivity contribution is 6.21. The predicted octanol–water partition coefficient (Wildman–Crippen LogP) is 6.24. The maximum absolute atomic E-state index is 12.8. The lowest BCUT2D eigenvalue weighted by molar-refractivity contribution is -0.119. The largest absolute Gasteiger partial charge is 0.494 e. The summed E-state index contributed by atoms with van der Waals surface area (Å²) in [6.45, 7) is 14.6. The van der Waals surface area contributed by atoms with Crippen LogP contribution in [0, 0.1) is 0 Å². The first kappa shape index (κ1) is 36.8. The fourth-order valence-electron chi connectivity index (χ4n) is 6.07. The summed E-state index contributed by atoms with van der Waals surface area (Å²) in [4.78, 5) is 34.7. The van der Waals surface area contributed by atoms with Crippen LogP contribution in [0.4, 0.5) is 22.7 Å². The van der Waals surface area contributed by atoms with Crippen molar-refractivity contribution >= 4 is 51.2 Å². The molecule has 1 saturated heterocycles. The van der Waals surface area contributed by atoms with Crippen molar-refractivity contribution in [2.24, 2.45) is 4.99 Å². The van der Waals surface area contributed by atoms with E-state index in [1.807, 2.05) is 69.2 Å². The third-order valence-corrected chi connectivity index (χ3v) is 8.70. The smallest absolute Gasteiger partial charge is 0.247 e. The maximum Gasteiger partial charge on any atom is 0.247 e. The van der Waals surface area contributed by atoms with Gasteiger partial charge >= 0.3 is 0 Å². The summed E-state index contributed by atoms with van der Waals surface area (Å²) >= 11 is 0. The van der Waals surface area contributed by atoms with Gasteiger partial charge in [0.15, 0.2) is 0 Å². The molecule has 4 N–H and O–H groups in total. The average molecular weight is 669 g/mol. The molecule has 0 radical (unpaired) electrons. The number of likely N-dealkylation sites (N-methyl/N-ethyl adjacent to an activating group) is 2. The lowest BCUT2D eigenvalue weighted by atomic mass is 10.0. The molecular formula is C38H52N8O3. The molecule has 2 aliphatic rings. The molecule has 0 saturated carbocycles. The number of hydrogen-bond donors (Lipinski definition) is 4. The summed E-state index contributed by atoms with van der Waals surface area (Å²) in [7, 11) is 7.22. The fraction of sp³-hybridized carbons (Fsp3) is 0.395. The first-order valence-electron chi connectivity index (χ1n) is 17.0. The van der Waals surface area contributed by atoms with Crippen molar-refractivity contribution < 1.29 is 14.3 Å². The number of allylic oxidation sites excluding steroid dienone is 3. The minimum atomic E-state index is -0.280. The zero-order valence-electron chi connectivity index (χ0n) is 30.3. The number of amides is 2. The van der Waals surface area contributed by atoms with Crippen LogP contribution in [0.1, 0.15) is 52.5 Å². The van der Waals surface area contributed by atoms with Crippen molar-refractivity contribution in [3.8, 4) is 5.75 Å². The number of anilines is 4. The van der Waals surface area contributed by atoms with Crippen LogP contribution < -0.4 is 35.8 Å². The van der Waals surface area contributed by atoms with Crippen molar-refractivity contribution in [1.82, 2.24) is 15.2 Å². The van der Waals surface area contributed by atoms with Gasteiger partial charge in [0.1, 0.15) is 18.1 Å². The molecule has 3 aromatic rings. The van der Waals surface area contributed by atoms with Gasteiger partial charge in [0, 0.05) is 49.9 Å². The summed E-state index contributed by atoms with van der Waals surface area (Å²) < 4.78 is 7.93. The fourth-order valence-corrected chi connectivity index (χ4v) is 6.07. The van der Waals surface area contributed by atoms with E-state index in [0.717, 1.165) is 77.2 Å². The van der Waals surface area contributed by atoms with E-state index in [9.17, 15) is 9.59 Å². The first-order valence-corrected chi connectivity index (χ1v) is 17.0. The Kier molecular flexibility index (Phi) is 12.7. The molecule has 0 atom stereocenters. The molecule has 3 heterocycles. The van der Waals surface area contributed by atoms with Gasteiger partial charge in [0.05, 0.1) is 46.8 Å². The van der Waals surface area contributed by atoms with Crippen molar-refractivity contribution in [3.63, 3.8) is 0 Å². The third kappa shape index (κ3) is 8.00. The quantitative estimate of drug-likeness (QED) is 0.133. The van der Waals surface area contributed by atoms with E-state index >= 15 is 0 Å². The maximum atomic E-state index is 12.8. The molecule has 0 spiro atoms. The van der Waals surface area contributed by atoms with Gasteiger partial charge < -0.3 is 40.4 Å². The molecule has 5 rings (SSSR count). The van der Waals surface area contributed by atoms with Crippen LogP contribution in [0.3, 0.4) is 0 Å². The van der Waals surface area contributed by atoms with Crippen LogP contribution in [0.15, 0.2) is 77.3 Å². The van der Waals surface area contributed by atoms with E-state index < -0.39 is 0 Å². The number of para-hydroxylation sites is 1. The zero-order chi connectivity index (χ0) is 35.7. The Balaban J connectivity index is 0.00000174. The number of rotatable bonds is 12. The number of aromatic nitrogens is 1. The first-order chi connectivity index (χ1) is 23.6. The second kappa shape index (κ2) is 16.9. The summed E-state index contributed by atoms with van der Waals surface area (Å²) in [5, 5.41) is 13.8. The highest BCUT2D eigenvalue weighted by Gasteiger charge is 2.27.